The van der Waals surface area contributed by atoms with E-state index in [0.29, 0.717) is 30.0 Å². The van der Waals surface area contributed by atoms with Gasteiger partial charge in [0.15, 0.2) is 4.80 Å². The van der Waals surface area contributed by atoms with Crippen LogP contribution < -0.4 is 4.80 Å². The SMILES string of the molecule is CCOC(=O)c1ccc(N=c2scc(-c3ccccc3F)n2CC2CCCO2)cc1. The Morgan fingerprint density at radius 1 is 1.27 bits per heavy atom. The van der Waals surface area contributed by atoms with Crippen LogP contribution in [-0.2, 0) is 16.0 Å². The van der Waals surface area contributed by atoms with Crippen molar-refractivity contribution in [2.45, 2.75) is 32.4 Å². The molecule has 5 nitrogen and oxygen atoms in total. The van der Waals surface area contributed by atoms with Crippen LogP contribution in [0.5, 0.6) is 0 Å². The zero-order valence-corrected chi connectivity index (χ0v) is 17.5. The maximum Gasteiger partial charge on any atom is 0.338 e. The van der Waals surface area contributed by atoms with Crippen molar-refractivity contribution < 1.29 is 18.7 Å². The molecule has 1 fully saturated rings. The van der Waals surface area contributed by atoms with Crippen molar-refractivity contribution in [3.8, 4) is 11.3 Å². The van der Waals surface area contributed by atoms with E-state index >= 15 is 0 Å². The molecule has 0 spiro atoms. The average Bonchev–Trinajstić information content (AvgIpc) is 3.40. The highest BCUT2D eigenvalue weighted by atomic mass is 32.1. The summed E-state index contributed by atoms with van der Waals surface area (Å²) in [5.74, 6) is -0.614. The Morgan fingerprint density at radius 3 is 2.77 bits per heavy atom. The molecule has 3 aromatic rings. The summed E-state index contributed by atoms with van der Waals surface area (Å²) in [5.41, 5.74) is 2.54. The number of ether oxygens (including phenoxy) is 2. The lowest BCUT2D eigenvalue weighted by molar-refractivity contribution is 0.0526. The second-order valence-electron chi connectivity index (χ2n) is 7.01. The van der Waals surface area contributed by atoms with Gasteiger partial charge in [-0.1, -0.05) is 12.1 Å². The lowest BCUT2D eigenvalue weighted by atomic mass is 10.1. The van der Waals surface area contributed by atoms with Gasteiger partial charge in [-0.25, -0.2) is 14.2 Å². The van der Waals surface area contributed by atoms with Crippen molar-refractivity contribution in [1.82, 2.24) is 4.57 Å². The summed E-state index contributed by atoms with van der Waals surface area (Å²) in [4.78, 5) is 17.4. The second-order valence-corrected chi connectivity index (χ2v) is 7.84. The highest BCUT2D eigenvalue weighted by Gasteiger charge is 2.20. The van der Waals surface area contributed by atoms with Crippen LogP contribution in [0.2, 0.25) is 0 Å². The summed E-state index contributed by atoms with van der Waals surface area (Å²) in [5, 5.41) is 1.93. The molecule has 2 heterocycles. The van der Waals surface area contributed by atoms with Gasteiger partial charge >= 0.3 is 5.97 Å². The topological polar surface area (TPSA) is 52.8 Å². The molecule has 0 amide bonds. The minimum atomic E-state index is -0.351. The summed E-state index contributed by atoms with van der Waals surface area (Å²) >= 11 is 1.46. The number of benzene rings is 2. The molecule has 1 atom stereocenters. The molecule has 2 aromatic carbocycles. The zero-order valence-electron chi connectivity index (χ0n) is 16.7. The number of esters is 1. The van der Waals surface area contributed by atoms with E-state index < -0.39 is 0 Å². The number of hydrogen-bond acceptors (Lipinski definition) is 5. The standard InChI is InChI=1S/C23H23FN2O3S/c1-2-28-22(27)16-9-11-17(12-10-16)25-23-26(14-18-6-5-13-29-18)21(15-30-23)19-7-3-4-8-20(19)24/h3-4,7-12,15,18H,2,5-6,13-14H2,1H3. The number of rotatable bonds is 6. The molecule has 1 aliphatic heterocycles. The van der Waals surface area contributed by atoms with Gasteiger partial charge in [-0.05, 0) is 56.2 Å². The van der Waals surface area contributed by atoms with E-state index in [1.54, 1.807) is 43.3 Å². The molecule has 0 saturated carbocycles. The van der Waals surface area contributed by atoms with Crippen LogP contribution in [0.15, 0.2) is 58.9 Å². The van der Waals surface area contributed by atoms with E-state index in [0.717, 1.165) is 29.9 Å². The van der Waals surface area contributed by atoms with Gasteiger partial charge in [0.05, 0.1) is 36.2 Å². The van der Waals surface area contributed by atoms with Crippen LogP contribution >= 0.6 is 11.3 Å². The fraction of sp³-hybridized carbons (Fsp3) is 0.304. The molecule has 0 N–H and O–H groups in total. The zero-order chi connectivity index (χ0) is 20.9. The third-order valence-corrected chi connectivity index (χ3v) is 5.82. The first-order valence-electron chi connectivity index (χ1n) is 10.0. The number of aromatic nitrogens is 1. The summed E-state index contributed by atoms with van der Waals surface area (Å²) in [6.45, 7) is 3.49. The van der Waals surface area contributed by atoms with Crippen LogP contribution in [0, 0.1) is 5.82 Å². The maximum atomic E-state index is 14.5. The third kappa shape index (κ3) is 4.52. The van der Waals surface area contributed by atoms with Gasteiger partial charge in [0.1, 0.15) is 5.82 Å². The van der Waals surface area contributed by atoms with Gasteiger partial charge in [-0.2, -0.15) is 0 Å². The molecular weight excluding hydrogens is 403 g/mol. The molecule has 1 aliphatic rings. The number of hydrogen-bond donors (Lipinski definition) is 0. The van der Waals surface area contributed by atoms with E-state index in [1.807, 2.05) is 16.0 Å². The minimum absolute atomic E-state index is 0.0928. The lowest BCUT2D eigenvalue weighted by Crippen LogP contribution is -2.24. The molecule has 0 aliphatic carbocycles. The third-order valence-electron chi connectivity index (χ3n) is 4.96. The quantitative estimate of drug-likeness (QED) is 0.525. The molecule has 7 heteroatoms. The Labute approximate surface area is 178 Å². The number of halogens is 1. The van der Waals surface area contributed by atoms with E-state index in [4.69, 9.17) is 14.5 Å². The van der Waals surface area contributed by atoms with Gasteiger partial charge < -0.3 is 14.0 Å². The monoisotopic (exact) mass is 426 g/mol. The molecular formula is C23H23FN2O3S. The van der Waals surface area contributed by atoms with Crippen molar-refractivity contribution in [2.75, 3.05) is 13.2 Å². The van der Waals surface area contributed by atoms with Crippen molar-refractivity contribution in [3.05, 3.63) is 70.1 Å². The molecule has 1 saturated heterocycles. The molecule has 0 bridgehead atoms. The normalized spacial score (nSPS) is 16.7. The predicted octanol–water partition coefficient (Wildman–Crippen LogP) is 4.94. The summed E-state index contributed by atoms with van der Waals surface area (Å²) in [6.07, 6.45) is 2.11. The highest BCUT2D eigenvalue weighted by molar-refractivity contribution is 7.07. The largest absolute Gasteiger partial charge is 0.462 e. The molecule has 30 heavy (non-hydrogen) atoms. The molecule has 1 aromatic heterocycles. The number of nitrogens with zero attached hydrogens (tertiary/aromatic N) is 2. The van der Waals surface area contributed by atoms with Crippen LogP contribution in [0.3, 0.4) is 0 Å². The molecule has 1 unspecified atom stereocenters. The maximum absolute atomic E-state index is 14.5. The first kappa shape index (κ1) is 20.5. The Balaban J connectivity index is 1.72. The van der Waals surface area contributed by atoms with Crippen LogP contribution in [-0.4, -0.2) is 29.9 Å². The highest BCUT2D eigenvalue weighted by Crippen LogP contribution is 2.25. The van der Waals surface area contributed by atoms with Gasteiger partial charge in [0, 0.05) is 17.6 Å². The van der Waals surface area contributed by atoms with Crippen molar-refractivity contribution in [2.24, 2.45) is 4.99 Å². The van der Waals surface area contributed by atoms with E-state index in [2.05, 4.69) is 0 Å². The first-order chi connectivity index (χ1) is 14.7. The molecule has 156 valence electrons. The van der Waals surface area contributed by atoms with Crippen molar-refractivity contribution in [3.63, 3.8) is 0 Å². The Hall–Kier alpha value is -2.77. The summed E-state index contributed by atoms with van der Waals surface area (Å²) in [6, 6.07) is 13.7. The fourth-order valence-corrected chi connectivity index (χ4v) is 4.40. The average molecular weight is 427 g/mol. The second kappa shape index (κ2) is 9.36. The van der Waals surface area contributed by atoms with Gasteiger partial charge in [-0.15, -0.1) is 11.3 Å². The van der Waals surface area contributed by atoms with Gasteiger partial charge in [0.25, 0.3) is 0 Å². The van der Waals surface area contributed by atoms with Crippen LogP contribution in [0.25, 0.3) is 11.3 Å². The Kier molecular flexibility index (Phi) is 6.40. The number of carbonyl (C=O) groups is 1. The van der Waals surface area contributed by atoms with Crippen LogP contribution in [0.4, 0.5) is 10.1 Å². The summed E-state index contributed by atoms with van der Waals surface area (Å²) < 4.78 is 27.3. The van der Waals surface area contributed by atoms with E-state index in [-0.39, 0.29) is 17.9 Å². The molecule has 4 rings (SSSR count). The Morgan fingerprint density at radius 2 is 2.07 bits per heavy atom. The van der Waals surface area contributed by atoms with Gasteiger partial charge in [-0.3, -0.25) is 0 Å². The number of thiazole rings is 1. The lowest BCUT2D eigenvalue weighted by Gasteiger charge is -2.14. The van der Waals surface area contributed by atoms with Crippen molar-refractivity contribution in [1.29, 1.82) is 0 Å². The van der Waals surface area contributed by atoms with Gasteiger partial charge in [0.2, 0.25) is 0 Å². The van der Waals surface area contributed by atoms with Crippen molar-refractivity contribution >= 4 is 23.0 Å². The van der Waals surface area contributed by atoms with E-state index in [1.165, 1.54) is 17.4 Å². The predicted molar refractivity (Wildman–Crippen MR) is 114 cm³/mol. The number of carbonyl (C=O) groups excluding carboxylic acids is 1. The molecule has 0 radical (unpaired) electrons. The minimum Gasteiger partial charge on any atom is -0.462 e. The van der Waals surface area contributed by atoms with E-state index in [9.17, 15) is 9.18 Å². The first-order valence-corrected chi connectivity index (χ1v) is 10.9. The fourth-order valence-electron chi connectivity index (χ4n) is 3.47. The van der Waals surface area contributed by atoms with Crippen LogP contribution in [0.1, 0.15) is 30.1 Å². The smallest absolute Gasteiger partial charge is 0.338 e. The Bertz CT molecular complexity index is 1080. The summed E-state index contributed by atoms with van der Waals surface area (Å²) in [7, 11) is 0.